The topological polar surface area (TPSA) is 68.0 Å². The minimum Gasteiger partial charge on any atom is -0.383 e. The molecule has 0 aromatic carbocycles. The first-order valence-corrected chi connectivity index (χ1v) is 5.80. The van der Waals surface area contributed by atoms with Crippen LogP contribution in [0.4, 0.5) is 5.82 Å². The van der Waals surface area contributed by atoms with E-state index in [1.54, 1.807) is 18.3 Å². The molecule has 0 atom stereocenters. The van der Waals surface area contributed by atoms with Crippen molar-refractivity contribution >= 4 is 11.7 Å². The highest BCUT2D eigenvalue weighted by molar-refractivity contribution is 5.98. The molecule has 0 spiro atoms. The molecule has 1 aromatic heterocycles. The van der Waals surface area contributed by atoms with Crippen LogP contribution in [-0.4, -0.2) is 16.9 Å². The number of amides is 1. The molecular formula is C13H19N3O. The highest BCUT2D eigenvalue weighted by atomic mass is 16.1. The lowest BCUT2D eigenvalue weighted by atomic mass is 10.0. The van der Waals surface area contributed by atoms with Crippen molar-refractivity contribution in [1.29, 1.82) is 0 Å². The number of anilines is 1. The van der Waals surface area contributed by atoms with Gasteiger partial charge in [-0.2, -0.15) is 0 Å². The van der Waals surface area contributed by atoms with E-state index in [0.29, 0.717) is 5.56 Å². The van der Waals surface area contributed by atoms with Gasteiger partial charge in [0.2, 0.25) is 0 Å². The van der Waals surface area contributed by atoms with Crippen LogP contribution < -0.4 is 11.1 Å². The van der Waals surface area contributed by atoms with Crippen LogP contribution in [0.3, 0.4) is 0 Å². The van der Waals surface area contributed by atoms with Crippen LogP contribution in [0.2, 0.25) is 0 Å². The van der Waals surface area contributed by atoms with Crippen molar-refractivity contribution in [1.82, 2.24) is 10.3 Å². The van der Waals surface area contributed by atoms with Crippen molar-refractivity contribution in [3.63, 3.8) is 0 Å². The van der Waals surface area contributed by atoms with Gasteiger partial charge >= 0.3 is 0 Å². The molecule has 0 radical (unpaired) electrons. The van der Waals surface area contributed by atoms with Crippen LogP contribution in [0, 0.1) is 10.8 Å². The molecule has 92 valence electrons. The fraction of sp³-hybridized carbons (Fsp3) is 0.538. The van der Waals surface area contributed by atoms with Crippen molar-refractivity contribution in [3.05, 3.63) is 23.9 Å². The van der Waals surface area contributed by atoms with E-state index < -0.39 is 0 Å². The zero-order valence-electron chi connectivity index (χ0n) is 10.7. The largest absolute Gasteiger partial charge is 0.383 e. The van der Waals surface area contributed by atoms with E-state index in [1.807, 2.05) is 0 Å². The Balaban J connectivity index is 2.13. The van der Waals surface area contributed by atoms with Gasteiger partial charge in [-0.15, -0.1) is 0 Å². The summed E-state index contributed by atoms with van der Waals surface area (Å²) in [4.78, 5) is 16.0. The summed E-state index contributed by atoms with van der Waals surface area (Å²) < 4.78 is 0. The van der Waals surface area contributed by atoms with Crippen LogP contribution in [0.25, 0.3) is 0 Å². The number of aromatic nitrogens is 1. The van der Waals surface area contributed by atoms with Gasteiger partial charge in [0.15, 0.2) is 0 Å². The SMILES string of the molecule is CC1(C)C(NC(=O)c2cccnc2N)C1(C)C. The molecule has 1 saturated carbocycles. The fourth-order valence-corrected chi connectivity index (χ4v) is 2.38. The van der Waals surface area contributed by atoms with Gasteiger partial charge in [0, 0.05) is 12.2 Å². The summed E-state index contributed by atoms with van der Waals surface area (Å²) in [6, 6.07) is 3.59. The predicted molar refractivity (Wildman–Crippen MR) is 67.5 cm³/mol. The lowest BCUT2D eigenvalue weighted by Crippen LogP contribution is -2.30. The molecule has 1 amide bonds. The van der Waals surface area contributed by atoms with Gasteiger partial charge in [-0.05, 0) is 23.0 Å². The summed E-state index contributed by atoms with van der Waals surface area (Å²) in [6.45, 7) is 8.63. The number of carbonyl (C=O) groups is 1. The average molecular weight is 233 g/mol. The first-order valence-electron chi connectivity index (χ1n) is 5.80. The lowest BCUT2D eigenvalue weighted by Gasteiger charge is -2.08. The Bertz CT molecular complexity index is 451. The van der Waals surface area contributed by atoms with Gasteiger partial charge in [0.1, 0.15) is 5.82 Å². The minimum atomic E-state index is -0.140. The molecule has 1 aromatic rings. The molecule has 1 aliphatic rings. The third-order valence-electron chi connectivity index (χ3n) is 4.38. The normalized spacial score (nSPS) is 20.9. The summed E-state index contributed by atoms with van der Waals surface area (Å²) in [6.07, 6.45) is 1.58. The van der Waals surface area contributed by atoms with Crippen LogP contribution in [0.1, 0.15) is 38.1 Å². The van der Waals surface area contributed by atoms with Crippen LogP contribution >= 0.6 is 0 Å². The molecule has 1 fully saturated rings. The third kappa shape index (κ3) is 1.68. The van der Waals surface area contributed by atoms with Gasteiger partial charge in [-0.3, -0.25) is 4.79 Å². The molecule has 0 saturated heterocycles. The zero-order valence-corrected chi connectivity index (χ0v) is 10.7. The quantitative estimate of drug-likeness (QED) is 0.818. The maximum Gasteiger partial charge on any atom is 0.255 e. The molecule has 3 N–H and O–H groups in total. The molecule has 4 nitrogen and oxygen atoms in total. The van der Waals surface area contributed by atoms with Gasteiger partial charge in [-0.25, -0.2) is 4.98 Å². The Hall–Kier alpha value is -1.58. The van der Waals surface area contributed by atoms with Crippen LogP contribution in [-0.2, 0) is 0 Å². The molecule has 17 heavy (non-hydrogen) atoms. The van der Waals surface area contributed by atoms with E-state index in [-0.39, 0.29) is 28.6 Å². The highest BCUT2D eigenvalue weighted by Crippen LogP contribution is 2.62. The lowest BCUT2D eigenvalue weighted by molar-refractivity contribution is 0.0944. The smallest absolute Gasteiger partial charge is 0.255 e. The van der Waals surface area contributed by atoms with Crippen molar-refractivity contribution in [3.8, 4) is 0 Å². The molecular weight excluding hydrogens is 214 g/mol. The Morgan fingerprint density at radius 2 is 1.94 bits per heavy atom. The fourth-order valence-electron chi connectivity index (χ4n) is 2.38. The standard InChI is InChI=1S/C13H19N3O/c1-12(2)11(13(12,3)4)16-10(17)8-6-5-7-15-9(8)14/h5-7,11H,1-4H3,(H2,14,15)(H,16,17). The van der Waals surface area contributed by atoms with Crippen molar-refractivity contribution in [2.24, 2.45) is 10.8 Å². The third-order valence-corrected chi connectivity index (χ3v) is 4.38. The molecule has 1 heterocycles. The number of nitrogens with zero attached hydrogens (tertiary/aromatic N) is 1. The van der Waals surface area contributed by atoms with E-state index in [1.165, 1.54) is 0 Å². The number of hydrogen-bond donors (Lipinski definition) is 2. The van der Waals surface area contributed by atoms with E-state index in [9.17, 15) is 4.79 Å². The minimum absolute atomic E-state index is 0.125. The predicted octanol–water partition coefficient (Wildman–Crippen LogP) is 1.83. The number of nitrogens with one attached hydrogen (secondary N) is 1. The first kappa shape index (κ1) is 11.9. The first-order chi connectivity index (χ1) is 7.78. The van der Waals surface area contributed by atoms with E-state index in [4.69, 9.17) is 5.73 Å². The summed E-state index contributed by atoms with van der Waals surface area (Å²) >= 11 is 0. The van der Waals surface area contributed by atoms with E-state index in [2.05, 4.69) is 38.0 Å². The summed E-state index contributed by atoms with van der Waals surface area (Å²) in [5, 5.41) is 3.03. The highest BCUT2D eigenvalue weighted by Gasteiger charge is 2.65. The van der Waals surface area contributed by atoms with Gasteiger partial charge in [-0.1, -0.05) is 27.7 Å². The maximum atomic E-state index is 12.1. The second-order valence-corrected chi connectivity index (χ2v) is 5.79. The molecule has 0 bridgehead atoms. The Morgan fingerprint density at radius 1 is 1.35 bits per heavy atom. The number of hydrogen-bond acceptors (Lipinski definition) is 3. The van der Waals surface area contributed by atoms with Crippen LogP contribution in [0.15, 0.2) is 18.3 Å². The molecule has 4 heteroatoms. The van der Waals surface area contributed by atoms with Gasteiger partial charge in [0.05, 0.1) is 5.56 Å². The number of nitrogen functional groups attached to an aromatic ring is 1. The van der Waals surface area contributed by atoms with E-state index >= 15 is 0 Å². The van der Waals surface area contributed by atoms with Crippen molar-refractivity contribution in [2.45, 2.75) is 33.7 Å². The number of carbonyl (C=O) groups excluding carboxylic acids is 1. The summed E-state index contributed by atoms with van der Waals surface area (Å²) in [7, 11) is 0. The van der Waals surface area contributed by atoms with Crippen molar-refractivity contribution in [2.75, 3.05) is 5.73 Å². The van der Waals surface area contributed by atoms with Gasteiger partial charge < -0.3 is 11.1 Å². The summed E-state index contributed by atoms with van der Waals surface area (Å²) in [5.41, 5.74) is 6.38. The second kappa shape index (κ2) is 3.45. The monoisotopic (exact) mass is 233 g/mol. The summed E-state index contributed by atoms with van der Waals surface area (Å²) in [5.74, 6) is 0.139. The molecule has 1 aliphatic carbocycles. The van der Waals surface area contributed by atoms with Crippen LogP contribution in [0.5, 0.6) is 0 Å². The van der Waals surface area contributed by atoms with E-state index in [0.717, 1.165) is 0 Å². The Labute approximate surface area is 102 Å². The zero-order chi connectivity index (χ0) is 12.8. The number of pyridine rings is 1. The molecule has 2 rings (SSSR count). The number of nitrogens with two attached hydrogens (primary N) is 1. The molecule has 0 aliphatic heterocycles. The average Bonchev–Trinajstić information content (AvgIpc) is 2.61. The Morgan fingerprint density at radius 3 is 2.41 bits per heavy atom. The maximum absolute atomic E-state index is 12.1. The van der Waals surface area contributed by atoms with Crippen molar-refractivity contribution < 1.29 is 4.79 Å². The molecule has 0 unspecified atom stereocenters. The number of rotatable bonds is 2. The Kier molecular flexibility index (Phi) is 2.42. The van der Waals surface area contributed by atoms with Gasteiger partial charge in [0.25, 0.3) is 5.91 Å². The second-order valence-electron chi connectivity index (χ2n) is 5.79.